The Balaban J connectivity index is 1.47. The average molecular weight is 281 g/mol. The van der Waals surface area contributed by atoms with Crippen molar-refractivity contribution in [3.8, 4) is 0 Å². The summed E-state index contributed by atoms with van der Waals surface area (Å²) in [5.41, 5.74) is 0. The number of rotatable bonds is 4. The predicted octanol–water partition coefficient (Wildman–Crippen LogP) is 1.17. The van der Waals surface area contributed by atoms with Crippen LogP contribution in [0.15, 0.2) is 0 Å². The molecule has 1 N–H and O–H groups in total. The van der Waals surface area contributed by atoms with E-state index in [-0.39, 0.29) is 0 Å². The molecule has 116 valence electrons. The highest BCUT2D eigenvalue weighted by Crippen LogP contribution is 2.23. The molecule has 0 spiro atoms. The van der Waals surface area contributed by atoms with Gasteiger partial charge in [-0.2, -0.15) is 0 Å². The number of nitrogens with zero attached hydrogens (tertiary/aromatic N) is 2. The lowest BCUT2D eigenvalue weighted by molar-refractivity contribution is -0.0640. The Labute approximate surface area is 123 Å². The summed E-state index contributed by atoms with van der Waals surface area (Å²) in [6.45, 7) is 12.7. The van der Waals surface area contributed by atoms with Gasteiger partial charge in [0.2, 0.25) is 0 Å². The van der Waals surface area contributed by atoms with Crippen LogP contribution in [0.2, 0.25) is 0 Å². The standard InChI is InChI=1S/C16H31N3O/c1-3-13(2)16-11-18(8-6-17-16)9-15-10-19-7-4-5-14(19)12-20-15/h13-17H,3-12H2,1-2H3. The quantitative estimate of drug-likeness (QED) is 0.837. The molecule has 0 aromatic heterocycles. The number of nitrogens with one attached hydrogen (secondary N) is 1. The fourth-order valence-corrected chi connectivity index (χ4v) is 3.96. The minimum absolute atomic E-state index is 0.431. The second kappa shape index (κ2) is 6.73. The van der Waals surface area contributed by atoms with Crippen molar-refractivity contribution < 1.29 is 4.74 Å². The Kier molecular flexibility index (Phi) is 4.97. The average Bonchev–Trinajstić information content (AvgIpc) is 2.94. The third-order valence-electron chi connectivity index (χ3n) is 5.54. The van der Waals surface area contributed by atoms with E-state index in [4.69, 9.17) is 4.74 Å². The van der Waals surface area contributed by atoms with Crippen molar-refractivity contribution >= 4 is 0 Å². The molecule has 3 rings (SSSR count). The van der Waals surface area contributed by atoms with Crippen molar-refractivity contribution in [1.29, 1.82) is 0 Å². The summed E-state index contributed by atoms with van der Waals surface area (Å²) in [6.07, 6.45) is 4.40. The molecular weight excluding hydrogens is 250 g/mol. The van der Waals surface area contributed by atoms with E-state index in [0.29, 0.717) is 12.1 Å². The summed E-state index contributed by atoms with van der Waals surface area (Å²) < 4.78 is 6.11. The zero-order valence-electron chi connectivity index (χ0n) is 13.2. The van der Waals surface area contributed by atoms with Crippen LogP contribution < -0.4 is 5.32 Å². The Hall–Kier alpha value is -0.160. The first-order valence-electron chi connectivity index (χ1n) is 8.57. The van der Waals surface area contributed by atoms with Gasteiger partial charge in [-0.3, -0.25) is 9.80 Å². The number of hydrogen-bond donors (Lipinski definition) is 1. The van der Waals surface area contributed by atoms with Crippen molar-refractivity contribution in [2.24, 2.45) is 5.92 Å². The van der Waals surface area contributed by atoms with E-state index in [9.17, 15) is 0 Å². The molecule has 3 fully saturated rings. The monoisotopic (exact) mass is 281 g/mol. The fourth-order valence-electron chi connectivity index (χ4n) is 3.96. The Morgan fingerprint density at radius 3 is 3.05 bits per heavy atom. The van der Waals surface area contributed by atoms with E-state index in [0.717, 1.165) is 38.2 Å². The van der Waals surface area contributed by atoms with Crippen LogP contribution in [0.4, 0.5) is 0 Å². The summed E-state index contributed by atoms with van der Waals surface area (Å²) in [7, 11) is 0. The predicted molar refractivity (Wildman–Crippen MR) is 82.0 cm³/mol. The topological polar surface area (TPSA) is 27.7 Å². The summed E-state index contributed by atoms with van der Waals surface area (Å²) in [5, 5.41) is 3.68. The van der Waals surface area contributed by atoms with Crippen LogP contribution in [0.5, 0.6) is 0 Å². The zero-order chi connectivity index (χ0) is 13.9. The van der Waals surface area contributed by atoms with Gasteiger partial charge < -0.3 is 10.1 Å². The van der Waals surface area contributed by atoms with Gasteiger partial charge in [0.25, 0.3) is 0 Å². The van der Waals surface area contributed by atoms with Crippen molar-refractivity contribution in [3.63, 3.8) is 0 Å². The number of ether oxygens (including phenoxy) is 1. The molecule has 0 aromatic carbocycles. The van der Waals surface area contributed by atoms with Crippen molar-refractivity contribution in [3.05, 3.63) is 0 Å². The van der Waals surface area contributed by atoms with Crippen LogP contribution in [0, 0.1) is 5.92 Å². The SMILES string of the molecule is CCC(C)C1CN(CC2CN3CCCC3CO2)CCN1. The van der Waals surface area contributed by atoms with Crippen LogP contribution in [0.25, 0.3) is 0 Å². The molecule has 0 aliphatic carbocycles. The zero-order valence-corrected chi connectivity index (χ0v) is 13.2. The van der Waals surface area contributed by atoms with Gasteiger partial charge in [-0.1, -0.05) is 20.3 Å². The summed E-state index contributed by atoms with van der Waals surface area (Å²) in [6, 6.07) is 1.39. The minimum atomic E-state index is 0.431. The molecule has 3 saturated heterocycles. The molecule has 0 radical (unpaired) electrons. The highest BCUT2D eigenvalue weighted by Gasteiger charge is 2.33. The first-order valence-corrected chi connectivity index (χ1v) is 8.57. The lowest BCUT2D eigenvalue weighted by Crippen LogP contribution is -2.57. The van der Waals surface area contributed by atoms with Crippen molar-refractivity contribution in [2.75, 3.05) is 45.9 Å². The maximum atomic E-state index is 6.11. The van der Waals surface area contributed by atoms with Gasteiger partial charge in [0.15, 0.2) is 0 Å². The largest absolute Gasteiger partial charge is 0.374 e. The summed E-state index contributed by atoms with van der Waals surface area (Å²) in [5.74, 6) is 0.771. The van der Waals surface area contributed by atoms with E-state index in [1.54, 1.807) is 0 Å². The maximum Gasteiger partial charge on any atom is 0.0829 e. The Morgan fingerprint density at radius 2 is 2.20 bits per heavy atom. The van der Waals surface area contributed by atoms with Gasteiger partial charge in [0.05, 0.1) is 12.7 Å². The van der Waals surface area contributed by atoms with Gasteiger partial charge in [-0.05, 0) is 25.3 Å². The molecule has 4 unspecified atom stereocenters. The Morgan fingerprint density at radius 1 is 1.30 bits per heavy atom. The molecule has 4 atom stereocenters. The molecule has 3 heterocycles. The van der Waals surface area contributed by atoms with Crippen LogP contribution >= 0.6 is 0 Å². The highest BCUT2D eigenvalue weighted by molar-refractivity contribution is 4.88. The second-order valence-corrected chi connectivity index (χ2v) is 6.95. The van der Waals surface area contributed by atoms with Crippen molar-refractivity contribution in [1.82, 2.24) is 15.1 Å². The molecular formula is C16H31N3O. The summed E-state index contributed by atoms with van der Waals surface area (Å²) >= 11 is 0. The lowest BCUT2D eigenvalue weighted by Gasteiger charge is -2.41. The molecule has 20 heavy (non-hydrogen) atoms. The number of piperazine rings is 1. The van der Waals surface area contributed by atoms with Crippen LogP contribution in [0.1, 0.15) is 33.1 Å². The summed E-state index contributed by atoms with van der Waals surface area (Å²) in [4.78, 5) is 5.27. The minimum Gasteiger partial charge on any atom is -0.374 e. The van der Waals surface area contributed by atoms with E-state index in [1.165, 1.54) is 38.9 Å². The molecule has 0 saturated carbocycles. The highest BCUT2D eigenvalue weighted by atomic mass is 16.5. The van der Waals surface area contributed by atoms with Crippen molar-refractivity contribution in [2.45, 2.75) is 51.3 Å². The van der Waals surface area contributed by atoms with Gasteiger partial charge in [-0.15, -0.1) is 0 Å². The van der Waals surface area contributed by atoms with Crippen LogP contribution in [-0.2, 0) is 4.74 Å². The van der Waals surface area contributed by atoms with Crippen LogP contribution in [0.3, 0.4) is 0 Å². The van der Waals surface area contributed by atoms with Gasteiger partial charge in [0.1, 0.15) is 0 Å². The normalized spacial score (nSPS) is 37.8. The molecule has 4 nitrogen and oxygen atoms in total. The van der Waals surface area contributed by atoms with Gasteiger partial charge in [0, 0.05) is 44.8 Å². The molecule has 3 aliphatic rings. The second-order valence-electron chi connectivity index (χ2n) is 6.95. The molecule has 3 aliphatic heterocycles. The van der Waals surface area contributed by atoms with E-state index >= 15 is 0 Å². The molecule has 0 amide bonds. The first kappa shape index (κ1) is 14.8. The third kappa shape index (κ3) is 3.35. The number of morpholine rings is 1. The molecule has 0 aromatic rings. The van der Waals surface area contributed by atoms with Gasteiger partial charge >= 0.3 is 0 Å². The third-order valence-corrected chi connectivity index (χ3v) is 5.54. The van der Waals surface area contributed by atoms with Crippen LogP contribution in [-0.4, -0.2) is 73.9 Å². The molecule has 4 heteroatoms. The van der Waals surface area contributed by atoms with Gasteiger partial charge in [-0.25, -0.2) is 0 Å². The lowest BCUT2D eigenvalue weighted by atomic mass is 9.97. The Bertz CT molecular complexity index is 312. The smallest absolute Gasteiger partial charge is 0.0829 e. The fraction of sp³-hybridized carbons (Fsp3) is 1.00. The van der Waals surface area contributed by atoms with E-state index < -0.39 is 0 Å². The van der Waals surface area contributed by atoms with E-state index in [1.807, 2.05) is 0 Å². The number of fused-ring (bicyclic) bond motifs is 1. The molecule has 0 bridgehead atoms. The van der Waals surface area contributed by atoms with E-state index in [2.05, 4.69) is 29.0 Å². The first-order chi connectivity index (χ1) is 9.76. The maximum absolute atomic E-state index is 6.11. The number of hydrogen-bond acceptors (Lipinski definition) is 4.